The Labute approximate surface area is 160 Å². The number of rotatable bonds is 17. The van der Waals surface area contributed by atoms with E-state index in [2.05, 4.69) is 14.7 Å². The van der Waals surface area contributed by atoms with E-state index >= 15 is 0 Å². The molecule has 0 aliphatic carbocycles. The van der Waals surface area contributed by atoms with Gasteiger partial charge in [-0.2, -0.15) is 0 Å². The molecule has 0 spiro atoms. The summed E-state index contributed by atoms with van der Waals surface area (Å²) in [5.74, 6) is 1.00. The molecule has 3 nitrogen and oxygen atoms in total. The first kappa shape index (κ1) is 25.7. The van der Waals surface area contributed by atoms with Crippen molar-refractivity contribution in [2.24, 2.45) is 5.41 Å². The van der Waals surface area contributed by atoms with Crippen molar-refractivity contribution in [1.29, 1.82) is 0 Å². The second-order valence-corrected chi connectivity index (χ2v) is 10.5. The molecule has 0 heterocycles. The van der Waals surface area contributed by atoms with Gasteiger partial charge < -0.3 is 0 Å². The van der Waals surface area contributed by atoms with Crippen LogP contribution in [0.5, 0.6) is 0 Å². The number of unbranched alkanes of at least 4 members (excludes halogenated alkanes) is 12. The number of aliphatic hydroxyl groups excluding tert-OH is 2. The first-order valence-corrected chi connectivity index (χ1v) is 13.0. The molecule has 0 saturated carbocycles. The molecule has 152 valence electrons. The molecule has 0 bridgehead atoms. The van der Waals surface area contributed by atoms with Crippen LogP contribution < -0.4 is 0 Å². The van der Waals surface area contributed by atoms with Gasteiger partial charge in [0.25, 0.3) is 0 Å². The van der Waals surface area contributed by atoms with Crippen LogP contribution in [0.3, 0.4) is 0 Å². The van der Waals surface area contributed by atoms with Gasteiger partial charge in [-0.25, -0.2) is 0 Å². The topological polar surface area (TPSA) is 49.7 Å². The zero-order valence-corrected chi connectivity index (χ0v) is 18.5. The molecule has 0 aromatic carbocycles. The van der Waals surface area contributed by atoms with Crippen LogP contribution in [0, 0.1) is 5.41 Å². The SMILES string of the molecule is CCCCCCCCCCCCCCC[SH](#P)OCC(C)(CO)CO. The summed E-state index contributed by atoms with van der Waals surface area (Å²) >= 11 is 0. The van der Waals surface area contributed by atoms with Crippen molar-refractivity contribution in [2.75, 3.05) is 25.6 Å². The maximum absolute atomic E-state index is 9.24. The molecule has 0 aliphatic heterocycles. The predicted molar refractivity (Wildman–Crippen MR) is 115 cm³/mol. The van der Waals surface area contributed by atoms with E-state index in [9.17, 15) is 10.2 Å². The Morgan fingerprint density at radius 2 is 1.16 bits per heavy atom. The van der Waals surface area contributed by atoms with Crippen LogP contribution in [-0.2, 0) is 4.18 Å². The molecule has 25 heavy (non-hydrogen) atoms. The van der Waals surface area contributed by atoms with Gasteiger partial charge in [0, 0.05) is 0 Å². The minimum atomic E-state index is -0.723. The van der Waals surface area contributed by atoms with E-state index in [1.165, 1.54) is 83.5 Å². The third-order valence-electron chi connectivity index (χ3n) is 4.78. The molecule has 0 fully saturated rings. The third kappa shape index (κ3) is 16.6. The average Bonchev–Trinajstić information content (AvgIpc) is 2.63. The molecule has 0 rings (SSSR count). The predicted octanol–water partition coefficient (Wildman–Crippen LogP) is 6.33. The molecule has 0 aromatic heterocycles. The van der Waals surface area contributed by atoms with Crippen LogP contribution in [-0.4, -0.2) is 35.8 Å². The summed E-state index contributed by atoms with van der Waals surface area (Å²) in [7, 11) is 3.79. The van der Waals surface area contributed by atoms with E-state index in [1.807, 2.05) is 6.92 Å². The Bertz CT molecular complexity index is 351. The van der Waals surface area contributed by atoms with Crippen molar-refractivity contribution in [1.82, 2.24) is 0 Å². The summed E-state index contributed by atoms with van der Waals surface area (Å²) in [4.78, 5) is 0. The van der Waals surface area contributed by atoms with Crippen LogP contribution in [0.4, 0.5) is 0 Å². The molecule has 0 saturated heterocycles. The average molecular weight is 395 g/mol. The van der Waals surface area contributed by atoms with Gasteiger partial charge >= 0.3 is 134 Å². The fraction of sp³-hybridized carbons (Fsp3) is 1.00. The normalized spacial score (nSPS) is 13.2. The number of hydrogen-bond donors (Lipinski definition) is 3. The fourth-order valence-electron chi connectivity index (χ4n) is 2.70. The van der Waals surface area contributed by atoms with Gasteiger partial charge in [-0.15, -0.1) is 0 Å². The number of thiol groups is 1. The van der Waals surface area contributed by atoms with Gasteiger partial charge in [0.15, 0.2) is 0 Å². The van der Waals surface area contributed by atoms with E-state index in [0.717, 1.165) is 5.75 Å². The molecule has 0 aromatic rings. The zero-order chi connectivity index (χ0) is 18.8. The van der Waals surface area contributed by atoms with Crippen LogP contribution in [0.25, 0.3) is 0 Å². The Morgan fingerprint density at radius 3 is 1.56 bits per heavy atom. The number of hydrogen-bond acceptors (Lipinski definition) is 3. The van der Waals surface area contributed by atoms with E-state index in [4.69, 9.17) is 4.18 Å². The molecule has 0 radical (unpaired) electrons. The molecule has 1 atom stereocenters. The summed E-state index contributed by atoms with van der Waals surface area (Å²) in [6, 6.07) is 0. The van der Waals surface area contributed by atoms with Crippen molar-refractivity contribution in [3.05, 3.63) is 0 Å². The van der Waals surface area contributed by atoms with Crippen molar-refractivity contribution in [3.8, 4) is 0 Å². The van der Waals surface area contributed by atoms with Crippen molar-refractivity contribution in [2.45, 2.75) is 97.3 Å². The van der Waals surface area contributed by atoms with Gasteiger partial charge in [0.05, 0.1) is 0 Å². The summed E-state index contributed by atoms with van der Waals surface area (Å²) in [5.41, 5.74) is -0.542. The molecule has 5 heteroatoms. The molecule has 2 N–H and O–H groups in total. The molecule has 0 amide bonds. The summed E-state index contributed by atoms with van der Waals surface area (Å²) < 4.78 is 5.70. The Balaban J connectivity index is 3.32. The quantitative estimate of drug-likeness (QED) is 0.153. The number of aliphatic hydroxyl groups is 2. The second kappa shape index (κ2) is 18.0. The van der Waals surface area contributed by atoms with Crippen molar-refractivity contribution < 1.29 is 14.4 Å². The Morgan fingerprint density at radius 1 is 0.760 bits per heavy atom. The van der Waals surface area contributed by atoms with Crippen molar-refractivity contribution in [3.63, 3.8) is 0 Å². The Hall–Kier alpha value is 0.660. The van der Waals surface area contributed by atoms with Gasteiger partial charge in [0.2, 0.25) is 0 Å². The summed E-state index contributed by atoms with van der Waals surface area (Å²) in [5, 5.41) is 18.5. The standard InChI is InChI=1S/C20H43O3PS/c1-3-4-5-6-7-8-9-10-11-12-13-14-15-16-25(24)23-19-20(2,17-21)18-22/h21-22,25H,3-19H2,1-2H3. The summed E-state index contributed by atoms with van der Waals surface area (Å²) in [6.07, 6.45) is 17.7. The van der Waals surface area contributed by atoms with E-state index in [1.54, 1.807) is 0 Å². The van der Waals surface area contributed by atoms with E-state index in [-0.39, 0.29) is 13.2 Å². The fourth-order valence-corrected chi connectivity index (χ4v) is 4.38. The first-order valence-electron chi connectivity index (χ1n) is 10.4. The van der Waals surface area contributed by atoms with E-state index in [0.29, 0.717) is 6.61 Å². The molecule has 0 aliphatic rings. The molecular formula is C20H43O3PS. The van der Waals surface area contributed by atoms with E-state index < -0.39 is 15.6 Å². The second-order valence-electron chi connectivity index (χ2n) is 7.72. The van der Waals surface area contributed by atoms with Gasteiger partial charge in [-0.05, 0) is 0 Å². The monoisotopic (exact) mass is 394 g/mol. The molecular weight excluding hydrogens is 351 g/mol. The van der Waals surface area contributed by atoms with Crippen molar-refractivity contribution >= 4 is 18.0 Å². The Kier molecular flexibility index (Phi) is 18.5. The van der Waals surface area contributed by atoms with Gasteiger partial charge in [0.1, 0.15) is 0 Å². The van der Waals surface area contributed by atoms with Gasteiger partial charge in [-0.1, -0.05) is 26.2 Å². The maximum atomic E-state index is 9.24. The third-order valence-corrected chi connectivity index (χ3v) is 6.85. The summed E-state index contributed by atoms with van der Waals surface area (Å²) in [6.45, 7) is 4.37. The zero-order valence-electron chi connectivity index (χ0n) is 16.7. The van der Waals surface area contributed by atoms with Gasteiger partial charge in [-0.3, -0.25) is 0 Å². The van der Waals surface area contributed by atoms with Crippen LogP contribution in [0.1, 0.15) is 97.3 Å². The molecule has 1 unspecified atom stereocenters. The first-order chi connectivity index (χ1) is 12.1. The van der Waals surface area contributed by atoms with Crippen LogP contribution in [0.2, 0.25) is 0 Å². The van der Waals surface area contributed by atoms with Crippen LogP contribution in [0.15, 0.2) is 0 Å². The van der Waals surface area contributed by atoms with Crippen LogP contribution >= 0.6 is 18.0 Å². The minimum absolute atomic E-state index is 0.0564.